The molecule has 1 amide bonds. The fraction of sp³-hybridized carbons (Fsp3) is 0.409. The smallest absolute Gasteiger partial charge is 0.230 e. The highest BCUT2D eigenvalue weighted by molar-refractivity contribution is 7.16. The summed E-state index contributed by atoms with van der Waals surface area (Å²) >= 11 is 1.40. The minimum absolute atomic E-state index is 0.314. The number of hydrogen-bond acceptors (Lipinski definition) is 5. The second-order valence-corrected chi connectivity index (χ2v) is 8.89. The second-order valence-electron chi connectivity index (χ2n) is 7.68. The summed E-state index contributed by atoms with van der Waals surface area (Å²) in [6.45, 7) is 6.36. The first-order valence-corrected chi connectivity index (χ1v) is 10.4. The number of carboxylic acid groups (broad SMARTS) is 1. The van der Waals surface area contributed by atoms with Gasteiger partial charge in [0.25, 0.3) is 0 Å². The fourth-order valence-electron chi connectivity index (χ4n) is 3.55. The van der Waals surface area contributed by atoms with Crippen molar-refractivity contribution in [3.05, 3.63) is 46.9 Å². The molecular weight excluding hydrogens is 372 g/mol. The molecule has 148 valence electrons. The topological polar surface area (TPSA) is 82.1 Å². The van der Waals surface area contributed by atoms with Crippen molar-refractivity contribution in [2.24, 2.45) is 17.8 Å². The second kappa shape index (κ2) is 8.69. The first kappa shape index (κ1) is 20.3. The van der Waals surface area contributed by atoms with E-state index in [4.69, 9.17) is 0 Å². The predicted octanol–water partition coefficient (Wildman–Crippen LogP) is 3.59. The van der Waals surface area contributed by atoms with Crippen LogP contribution in [0.25, 0.3) is 11.3 Å². The normalized spacial score (nSPS) is 19.0. The van der Waals surface area contributed by atoms with E-state index in [0.717, 1.165) is 22.6 Å². The Bertz CT molecular complexity index is 884. The molecule has 1 aliphatic rings. The maximum Gasteiger partial charge on any atom is 0.230 e. The van der Waals surface area contributed by atoms with Crippen molar-refractivity contribution in [3.63, 3.8) is 0 Å². The number of anilines is 1. The Morgan fingerprint density at radius 1 is 1.18 bits per heavy atom. The van der Waals surface area contributed by atoms with E-state index >= 15 is 0 Å². The number of hydrogen-bond donors (Lipinski definition) is 1. The number of aromatic nitrogens is 1. The molecule has 1 N–H and O–H groups in total. The SMILES string of the molecule is Cc1sc(NC(=O)C2CC=CCC2C(=O)[O-])nc1-c1ccc(CC(C)C)cc1. The fourth-order valence-corrected chi connectivity index (χ4v) is 4.39. The number of aryl methyl sites for hydroxylation is 1. The first-order chi connectivity index (χ1) is 13.3. The number of nitrogens with one attached hydrogen (secondary N) is 1. The Balaban J connectivity index is 1.74. The van der Waals surface area contributed by atoms with Crippen molar-refractivity contribution in [2.45, 2.75) is 40.0 Å². The summed E-state index contributed by atoms with van der Waals surface area (Å²) in [5.41, 5.74) is 3.14. The van der Waals surface area contributed by atoms with Crippen LogP contribution >= 0.6 is 11.3 Å². The molecule has 0 bridgehead atoms. The van der Waals surface area contributed by atoms with Crippen molar-refractivity contribution in [1.82, 2.24) is 4.98 Å². The molecule has 0 spiro atoms. The van der Waals surface area contributed by atoms with Gasteiger partial charge in [0.1, 0.15) is 0 Å². The average Bonchev–Trinajstić information content (AvgIpc) is 3.02. The minimum Gasteiger partial charge on any atom is -0.550 e. The number of carbonyl (C=O) groups excluding carboxylic acids is 2. The van der Waals surface area contributed by atoms with E-state index in [1.54, 1.807) is 6.08 Å². The van der Waals surface area contributed by atoms with Gasteiger partial charge in [-0.25, -0.2) is 4.98 Å². The third-order valence-corrected chi connectivity index (χ3v) is 5.86. The molecule has 1 aliphatic carbocycles. The lowest BCUT2D eigenvalue weighted by molar-refractivity contribution is -0.313. The van der Waals surface area contributed by atoms with E-state index < -0.39 is 17.8 Å². The third-order valence-electron chi connectivity index (χ3n) is 4.97. The Morgan fingerprint density at radius 2 is 1.82 bits per heavy atom. The number of carbonyl (C=O) groups is 2. The van der Waals surface area contributed by atoms with E-state index in [1.807, 2.05) is 13.0 Å². The highest BCUT2D eigenvalue weighted by Gasteiger charge is 2.30. The van der Waals surface area contributed by atoms with Gasteiger partial charge in [-0.05, 0) is 37.7 Å². The van der Waals surface area contributed by atoms with Gasteiger partial charge in [-0.2, -0.15) is 0 Å². The number of benzene rings is 1. The summed E-state index contributed by atoms with van der Waals surface area (Å²) < 4.78 is 0. The molecule has 0 saturated carbocycles. The maximum absolute atomic E-state index is 12.6. The molecule has 6 heteroatoms. The van der Waals surface area contributed by atoms with Crippen LogP contribution in [-0.4, -0.2) is 16.9 Å². The molecule has 28 heavy (non-hydrogen) atoms. The molecule has 1 heterocycles. The van der Waals surface area contributed by atoms with Crippen LogP contribution in [-0.2, 0) is 16.0 Å². The van der Waals surface area contributed by atoms with Crippen LogP contribution in [0.1, 0.15) is 37.1 Å². The van der Waals surface area contributed by atoms with Gasteiger partial charge in [-0.15, -0.1) is 11.3 Å². The van der Waals surface area contributed by atoms with E-state index in [-0.39, 0.29) is 5.91 Å². The Morgan fingerprint density at radius 3 is 2.43 bits per heavy atom. The minimum atomic E-state index is -1.18. The quantitative estimate of drug-likeness (QED) is 0.755. The lowest BCUT2D eigenvalue weighted by Gasteiger charge is -2.27. The van der Waals surface area contributed by atoms with Crippen molar-refractivity contribution >= 4 is 28.3 Å². The number of aliphatic carboxylic acids is 1. The summed E-state index contributed by atoms with van der Waals surface area (Å²) in [6, 6.07) is 8.35. The Hall–Kier alpha value is -2.47. The van der Waals surface area contributed by atoms with Crippen LogP contribution in [0.5, 0.6) is 0 Å². The number of nitrogens with zero attached hydrogens (tertiary/aromatic N) is 1. The van der Waals surface area contributed by atoms with Gasteiger partial charge in [-0.1, -0.05) is 50.3 Å². The monoisotopic (exact) mass is 397 g/mol. The van der Waals surface area contributed by atoms with Crippen LogP contribution < -0.4 is 10.4 Å². The van der Waals surface area contributed by atoms with E-state index in [1.165, 1.54) is 16.9 Å². The van der Waals surface area contributed by atoms with Gasteiger partial charge in [-0.3, -0.25) is 4.79 Å². The number of thiazole rings is 1. The molecule has 0 fully saturated rings. The molecule has 2 atom stereocenters. The summed E-state index contributed by atoms with van der Waals surface area (Å²) in [6.07, 6.45) is 5.40. The molecule has 3 rings (SSSR count). The van der Waals surface area contributed by atoms with Crippen LogP contribution in [0.2, 0.25) is 0 Å². The summed E-state index contributed by atoms with van der Waals surface area (Å²) in [7, 11) is 0. The summed E-state index contributed by atoms with van der Waals surface area (Å²) in [5.74, 6) is -2.31. The van der Waals surface area contributed by atoms with Gasteiger partial charge < -0.3 is 15.2 Å². The van der Waals surface area contributed by atoms with E-state index in [9.17, 15) is 14.7 Å². The maximum atomic E-state index is 12.6. The van der Waals surface area contributed by atoms with Gasteiger partial charge in [0.05, 0.1) is 11.6 Å². The van der Waals surface area contributed by atoms with Crippen LogP contribution in [0, 0.1) is 24.7 Å². The van der Waals surface area contributed by atoms with Gasteiger partial charge in [0, 0.05) is 22.3 Å². The van der Waals surface area contributed by atoms with Crippen molar-refractivity contribution in [3.8, 4) is 11.3 Å². The number of allylic oxidation sites excluding steroid dienone is 2. The number of amides is 1. The Labute approximate surface area is 169 Å². The highest BCUT2D eigenvalue weighted by Crippen LogP contribution is 2.32. The third kappa shape index (κ3) is 4.68. The van der Waals surface area contributed by atoms with E-state index in [0.29, 0.717) is 23.9 Å². The predicted molar refractivity (Wildman–Crippen MR) is 110 cm³/mol. The molecule has 0 aliphatic heterocycles. The Kier molecular flexibility index (Phi) is 6.29. The van der Waals surface area contributed by atoms with Crippen molar-refractivity contribution in [1.29, 1.82) is 0 Å². The molecule has 0 saturated heterocycles. The lowest BCUT2D eigenvalue weighted by atomic mass is 9.82. The molecular formula is C22H25N2O3S-. The highest BCUT2D eigenvalue weighted by atomic mass is 32.1. The van der Waals surface area contributed by atoms with Crippen molar-refractivity contribution < 1.29 is 14.7 Å². The number of rotatable bonds is 6. The standard InChI is InChI=1S/C22H26N2O3S/c1-13(2)12-15-8-10-16(11-9-15)19-14(3)28-22(23-19)24-20(25)17-6-4-5-7-18(17)21(26)27/h4-5,8-11,13,17-18H,6-7,12H2,1-3H3,(H,26,27)(H,23,24,25)/p-1. The summed E-state index contributed by atoms with van der Waals surface area (Å²) in [4.78, 5) is 29.5. The summed E-state index contributed by atoms with van der Waals surface area (Å²) in [5, 5.41) is 14.6. The van der Waals surface area contributed by atoms with Crippen molar-refractivity contribution in [2.75, 3.05) is 5.32 Å². The van der Waals surface area contributed by atoms with Crippen LogP contribution in [0.4, 0.5) is 5.13 Å². The zero-order chi connectivity index (χ0) is 20.3. The lowest BCUT2D eigenvalue weighted by Crippen LogP contribution is -2.41. The molecule has 2 unspecified atom stereocenters. The molecule has 1 aromatic carbocycles. The molecule has 0 radical (unpaired) electrons. The van der Waals surface area contributed by atoms with Crippen LogP contribution in [0.15, 0.2) is 36.4 Å². The molecule has 1 aromatic heterocycles. The zero-order valence-corrected chi connectivity index (χ0v) is 17.2. The molecule has 5 nitrogen and oxygen atoms in total. The molecule has 2 aromatic rings. The zero-order valence-electron chi connectivity index (χ0n) is 16.4. The van der Waals surface area contributed by atoms with Gasteiger partial charge >= 0.3 is 0 Å². The van der Waals surface area contributed by atoms with E-state index in [2.05, 4.69) is 48.4 Å². The number of carboxylic acids is 1. The van der Waals surface area contributed by atoms with Crippen LogP contribution in [0.3, 0.4) is 0 Å². The first-order valence-electron chi connectivity index (χ1n) is 9.58. The van der Waals surface area contributed by atoms with Gasteiger partial charge in [0.15, 0.2) is 5.13 Å². The average molecular weight is 398 g/mol. The van der Waals surface area contributed by atoms with Gasteiger partial charge in [0.2, 0.25) is 5.91 Å². The largest absolute Gasteiger partial charge is 0.550 e.